The molecule has 0 aliphatic heterocycles. The van der Waals surface area contributed by atoms with Gasteiger partial charge in [0.15, 0.2) is 0 Å². The van der Waals surface area contributed by atoms with E-state index in [1.165, 1.54) is 11.8 Å². The summed E-state index contributed by atoms with van der Waals surface area (Å²) >= 11 is 7.60. The zero-order valence-corrected chi connectivity index (χ0v) is 11.7. The van der Waals surface area contributed by atoms with Crippen molar-refractivity contribution in [1.29, 1.82) is 0 Å². The molecule has 0 spiro atoms. The third-order valence-corrected chi connectivity index (χ3v) is 4.10. The highest BCUT2D eigenvalue weighted by Crippen LogP contribution is 2.29. The Morgan fingerprint density at radius 2 is 1.95 bits per heavy atom. The number of hydrogen-bond donors (Lipinski definition) is 2. The molecule has 0 radical (unpaired) electrons. The predicted molar refractivity (Wildman–Crippen MR) is 80.4 cm³/mol. The van der Waals surface area contributed by atoms with Crippen molar-refractivity contribution in [2.24, 2.45) is 5.73 Å². The van der Waals surface area contributed by atoms with E-state index in [-0.39, 0.29) is 0 Å². The van der Waals surface area contributed by atoms with E-state index in [9.17, 15) is 4.79 Å². The summed E-state index contributed by atoms with van der Waals surface area (Å²) in [5, 5.41) is 0.714. The maximum absolute atomic E-state index is 11.4. The van der Waals surface area contributed by atoms with E-state index in [2.05, 4.69) is 0 Å². The third-order valence-electron chi connectivity index (χ3n) is 2.61. The van der Waals surface area contributed by atoms with Gasteiger partial charge in [0.05, 0.1) is 5.56 Å². The van der Waals surface area contributed by atoms with Crippen LogP contribution < -0.4 is 11.5 Å². The molecule has 0 bridgehead atoms. The summed E-state index contributed by atoms with van der Waals surface area (Å²) in [6.45, 7) is 0. The topological polar surface area (TPSA) is 69.1 Å². The number of rotatable bonds is 4. The summed E-state index contributed by atoms with van der Waals surface area (Å²) in [6, 6.07) is 12.8. The Labute approximate surface area is 120 Å². The normalized spacial score (nSPS) is 10.4. The summed E-state index contributed by atoms with van der Waals surface area (Å²) in [4.78, 5) is 12.2. The van der Waals surface area contributed by atoms with Gasteiger partial charge in [-0.05, 0) is 29.8 Å². The maximum atomic E-state index is 11.4. The average molecular weight is 293 g/mol. The number of thioether (sulfide) groups is 1. The number of carbonyl (C=O) groups excluding carboxylic acids is 1. The van der Waals surface area contributed by atoms with Crippen molar-refractivity contribution in [1.82, 2.24) is 0 Å². The molecule has 2 rings (SSSR count). The van der Waals surface area contributed by atoms with Crippen molar-refractivity contribution in [2.75, 3.05) is 5.73 Å². The van der Waals surface area contributed by atoms with Crippen LogP contribution in [0.15, 0.2) is 47.4 Å². The molecule has 0 aliphatic rings. The summed E-state index contributed by atoms with van der Waals surface area (Å²) < 4.78 is 0. The zero-order chi connectivity index (χ0) is 13.8. The van der Waals surface area contributed by atoms with Gasteiger partial charge in [-0.15, -0.1) is 11.8 Å². The Morgan fingerprint density at radius 3 is 2.63 bits per heavy atom. The molecule has 0 aromatic heterocycles. The van der Waals surface area contributed by atoms with Crippen molar-refractivity contribution in [3.63, 3.8) is 0 Å². The smallest absolute Gasteiger partial charge is 0.249 e. The number of hydrogen-bond acceptors (Lipinski definition) is 3. The number of anilines is 1. The molecule has 98 valence electrons. The minimum Gasteiger partial charge on any atom is -0.399 e. The Hall–Kier alpha value is -1.65. The van der Waals surface area contributed by atoms with E-state index in [0.717, 1.165) is 10.5 Å². The van der Waals surface area contributed by atoms with Crippen molar-refractivity contribution in [3.05, 3.63) is 58.6 Å². The zero-order valence-electron chi connectivity index (χ0n) is 10.1. The number of nitrogens with two attached hydrogens (primary N) is 2. The largest absolute Gasteiger partial charge is 0.399 e. The molecule has 0 unspecified atom stereocenters. The van der Waals surface area contributed by atoms with E-state index in [1.54, 1.807) is 18.2 Å². The minimum atomic E-state index is -0.478. The molecule has 0 saturated carbocycles. The molecule has 2 aromatic carbocycles. The van der Waals surface area contributed by atoms with Crippen LogP contribution in [0.25, 0.3) is 0 Å². The van der Waals surface area contributed by atoms with Gasteiger partial charge in [0.1, 0.15) is 0 Å². The minimum absolute atomic E-state index is 0.442. The molecular formula is C14H13ClN2OS. The lowest BCUT2D eigenvalue weighted by atomic mass is 10.2. The van der Waals surface area contributed by atoms with E-state index < -0.39 is 5.91 Å². The number of primary amides is 1. The van der Waals surface area contributed by atoms with Crippen LogP contribution in [0.4, 0.5) is 5.69 Å². The van der Waals surface area contributed by atoms with Gasteiger partial charge in [-0.2, -0.15) is 0 Å². The molecule has 2 aromatic rings. The van der Waals surface area contributed by atoms with Crippen LogP contribution in [-0.2, 0) is 5.75 Å². The van der Waals surface area contributed by atoms with Gasteiger partial charge in [0, 0.05) is 21.4 Å². The van der Waals surface area contributed by atoms with Crippen molar-refractivity contribution < 1.29 is 4.79 Å². The Balaban J connectivity index is 2.20. The van der Waals surface area contributed by atoms with Crippen molar-refractivity contribution in [2.45, 2.75) is 10.6 Å². The molecule has 0 atom stereocenters. The fourth-order valence-corrected chi connectivity index (χ4v) is 2.96. The first kappa shape index (κ1) is 13.8. The fraction of sp³-hybridized carbons (Fsp3) is 0.0714. The van der Waals surface area contributed by atoms with E-state index in [4.69, 9.17) is 23.1 Å². The van der Waals surface area contributed by atoms with Crippen LogP contribution in [0.1, 0.15) is 15.9 Å². The Bertz CT molecular complexity index is 616. The van der Waals surface area contributed by atoms with Gasteiger partial charge < -0.3 is 11.5 Å². The quantitative estimate of drug-likeness (QED) is 0.671. The third kappa shape index (κ3) is 3.43. The van der Waals surface area contributed by atoms with Crippen LogP contribution in [-0.4, -0.2) is 5.91 Å². The summed E-state index contributed by atoms with van der Waals surface area (Å²) in [5.41, 5.74) is 13.0. The summed E-state index contributed by atoms with van der Waals surface area (Å²) in [7, 11) is 0. The van der Waals surface area contributed by atoms with E-state index >= 15 is 0 Å². The monoisotopic (exact) mass is 292 g/mol. The maximum Gasteiger partial charge on any atom is 0.249 e. The number of benzene rings is 2. The Morgan fingerprint density at radius 1 is 1.21 bits per heavy atom. The fourth-order valence-electron chi connectivity index (χ4n) is 1.64. The second kappa shape index (κ2) is 5.99. The molecule has 0 heterocycles. The second-order valence-corrected chi connectivity index (χ2v) is 5.42. The molecule has 1 amide bonds. The van der Waals surface area contributed by atoms with Gasteiger partial charge in [-0.25, -0.2) is 0 Å². The van der Waals surface area contributed by atoms with Crippen molar-refractivity contribution >= 4 is 35.0 Å². The van der Waals surface area contributed by atoms with E-state index in [1.807, 2.05) is 24.3 Å². The van der Waals surface area contributed by atoms with Gasteiger partial charge in [0.25, 0.3) is 0 Å². The lowest BCUT2D eigenvalue weighted by Crippen LogP contribution is -2.12. The standard InChI is InChI=1S/C14H13ClN2OS/c15-12-4-2-1-3-9(12)8-19-13-6-5-10(16)7-11(13)14(17)18/h1-7H,8,16H2,(H2,17,18). The highest BCUT2D eigenvalue weighted by molar-refractivity contribution is 7.98. The van der Waals surface area contributed by atoms with Crippen LogP contribution in [0, 0.1) is 0 Å². The van der Waals surface area contributed by atoms with Crippen LogP contribution >= 0.6 is 23.4 Å². The van der Waals surface area contributed by atoms with Crippen LogP contribution in [0.5, 0.6) is 0 Å². The molecule has 19 heavy (non-hydrogen) atoms. The SMILES string of the molecule is NC(=O)c1cc(N)ccc1SCc1ccccc1Cl. The highest BCUT2D eigenvalue weighted by Gasteiger charge is 2.10. The first-order valence-electron chi connectivity index (χ1n) is 5.63. The molecule has 0 saturated heterocycles. The number of amides is 1. The molecule has 4 N–H and O–H groups in total. The van der Waals surface area contributed by atoms with Crippen LogP contribution in [0.2, 0.25) is 5.02 Å². The number of carbonyl (C=O) groups is 1. The lowest BCUT2D eigenvalue weighted by Gasteiger charge is -2.08. The van der Waals surface area contributed by atoms with Crippen molar-refractivity contribution in [3.8, 4) is 0 Å². The lowest BCUT2D eigenvalue weighted by molar-refractivity contribution is 0.0997. The van der Waals surface area contributed by atoms with Gasteiger partial charge in [0.2, 0.25) is 5.91 Å². The van der Waals surface area contributed by atoms with Crippen LogP contribution in [0.3, 0.4) is 0 Å². The van der Waals surface area contributed by atoms with Gasteiger partial charge >= 0.3 is 0 Å². The number of nitrogen functional groups attached to an aromatic ring is 1. The van der Waals surface area contributed by atoms with Gasteiger partial charge in [-0.3, -0.25) is 4.79 Å². The molecule has 5 heteroatoms. The first-order chi connectivity index (χ1) is 9.08. The molecule has 0 fully saturated rings. The average Bonchev–Trinajstić information content (AvgIpc) is 2.38. The van der Waals surface area contributed by atoms with E-state index in [0.29, 0.717) is 22.0 Å². The highest BCUT2D eigenvalue weighted by atomic mass is 35.5. The molecule has 0 aliphatic carbocycles. The molecule has 3 nitrogen and oxygen atoms in total. The Kier molecular flexibility index (Phi) is 4.35. The molecular weight excluding hydrogens is 280 g/mol. The summed E-state index contributed by atoms with van der Waals surface area (Å²) in [5.74, 6) is 0.193. The predicted octanol–water partition coefficient (Wildman–Crippen LogP) is 3.31. The number of halogens is 1. The van der Waals surface area contributed by atoms with Gasteiger partial charge in [-0.1, -0.05) is 29.8 Å². The first-order valence-corrected chi connectivity index (χ1v) is 7.00. The second-order valence-electron chi connectivity index (χ2n) is 4.00. The summed E-state index contributed by atoms with van der Waals surface area (Å²) in [6.07, 6.45) is 0.